The molecule has 2 atom stereocenters. The molecule has 8 heteroatoms. The van der Waals surface area contributed by atoms with Crippen LogP contribution in [0.15, 0.2) is 21.7 Å². The van der Waals surface area contributed by atoms with Crippen LogP contribution in [-0.4, -0.2) is 46.9 Å². The van der Waals surface area contributed by atoms with E-state index in [4.69, 9.17) is 11.1 Å². The molecule has 0 amide bonds. The Morgan fingerprint density at radius 3 is 2.70 bits per heavy atom. The van der Waals surface area contributed by atoms with Crippen LogP contribution in [0.3, 0.4) is 0 Å². The van der Waals surface area contributed by atoms with Crippen molar-refractivity contribution >= 4 is 16.6 Å². The number of nitrogens with zero attached hydrogens (tertiary/aromatic N) is 5. The van der Waals surface area contributed by atoms with Crippen molar-refractivity contribution in [2.75, 3.05) is 37.4 Å². The van der Waals surface area contributed by atoms with Crippen molar-refractivity contribution in [2.24, 2.45) is 5.92 Å². The van der Waals surface area contributed by atoms with Gasteiger partial charge in [-0.1, -0.05) is 0 Å². The zero-order chi connectivity index (χ0) is 21.6. The lowest BCUT2D eigenvalue weighted by atomic mass is 9.99. The second-order valence-electron chi connectivity index (χ2n) is 8.79. The van der Waals surface area contributed by atoms with Gasteiger partial charge in [-0.3, -0.25) is 9.36 Å². The molecule has 2 unspecified atom stereocenters. The van der Waals surface area contributed by atoms with E-state index >= 15 is 0 Å². The highest BCUT2D eigenvalue weighted by Gasteiger charge is 2.32. The van der Waals surface area contributed by atoms with Crippen molar-refractivity contribution in [2.45, 2.75) is 51.6 Å². The number of hydrogen-bond donors (Lipinski definition) is 1. The lowest BCUT2D eigenvalue weighted by molar-refractivity contribution is 0.203. The van der Waals surface area contributed by atoms with Gasteiger partial charge in [-0.2, -0.15) is 9.94 Å². The molecule has 30 heavy (non-hydrogen) atoms. The van der Waals surface area contributed by atoms with Crippen molar-refractivity contribution in [3.63, 3.8) is 0 Å². The minimum atomic E-state index is -0.436. The second-order valence-corrected chi connectivity index (χ2v) is 8.79. The van der Waals surface area contributed by atoms with E-state index in [-0.39, 0.29) is 6.04 Å². The first kappa shape index (κ1) is 20.5. The molecule has 1 saturated carbocycles. The van der Waals surface area contributed by atoms with E-state index in [1.54, 1.807) is 4.57 Å². The van der Waals surface area contributed by atoms with Gasteiger partial charge in [0.05, 0.1) is 17.0 Å². The first-order valence-electron chi connectivity index (χ1n) is 10.7. The van der Waals surface area contributed by atoms with Crippen LogP contribution in [0.1, 0.15) is 44.2 Å². The van der Waals surface area contributed by atoms with Crippen LogP contribution < -0.4 is 22.0 Å². The third-order valence-corrected chi connectivity index (χ3v) is 6.94. The minimum Gasteiger partial charge on any atom is -0.371 e. The Labute approximate surface area is 176 Å². The molecule has 1 aromatic carbocycles. The highest BCUT2D eigenvalue weighted by molar-refractivity contribution is 5.87. The molecule has 2 aliphatic rings. The van der Waals surface area contributed by atoms with Crippen LogP contribution in [0.2, 0.25) is 0 Å². The number of benzene rings is 1. The summed E-state index contributed by atoms with van der Waals surface area (Å²) in [7, 11) is 2.08. The van der Waals surface area contributed by atoms with Crippen LogP contribution in [0, 0.1) is 24.2 Å². The van der Waals surface area contributed by atoms with E-state index in [0.29, 0.717) is 23.8 Å². The number of aryl methyl sites for hydroxylation is 1. The SMILES string of the molecule is Cc1c(N2CCC(C(C)N(C)CCC#N)C2)ccc2c(=O)n(N)c(=O)n(C3CC3)c12. The van der Waals surface area contributed by atoms with Crippen LogP contribution in [0.25, 0.3) is 10.9 Å². The molecule has 1 saturated heterocycles. The lowest BCUT2D eigenvalue weighted by Crippen LogP contribution is -2.44. The van der Waals surface area contributed by atoms with E-state index < -0.39 is 11.2 Å². The molecule has 4 rings (SSSR count). The fourth-order valence-corrected chi connectivity index (χ4v) is 4.80. The van der Waals surface area contributed by atoms with Gasteiger partial charge in [-0.25, -0.2) is 4.79 Å². The largest absolute Gasteiger partial charge is 0.371 e. The van der Waals surface area contributed by atoms with E-state index in [1.807, 2.05) is 19.1 Å². The molecule has 0 radical (unpaired) electrons. The lowest BCUT2D eigenvalue weighted by Gasteiger charge is -2.30. The number of nitrogen functional groups attached to an aromatic ring is 1. The van der Waals surface area contributed by atoms with E-state index in [0.717, 1.165) is 60.3 Å². The molecule has 0 spiro atoms. The van der Waals surface area contributed by atoms with Gasteiger partial charge in [0, 0.05) is 43.8 Å². The normalized spacial score (nSPS) is 20.1. The summed E-state index contributed by atoms with van der Waals surface area (Å²) in [6.07, 6.45) is 3.50. The predicted octanol–water partition coefficient (Wildman–Crippen LogP) is 1.58. The van der Waals surface area contributed by atoms with E-state index in [9.17, 15) is 9.59 Å². The van der Waals surface area contributed by atoms with Gasteiger partial charge in [-0.05, 0) is 63.8 Å². The molecular weight excluding hydrogens is 380 g/mol. The van der Waals surface area contributed by atoms with Crippen molar-refractivity contribution in [3.8, 4) is 6.07 Å². The third-order valence-electron chi connectivity index (χ3n) is 6.94. The van der Waals surface area contributed by atoms with Gasteiger partial charge in [0.2, 0.25) is 0 Å². The third kappa shape index (κ3) is 3.37. The van der Waals surface area contributed by atoms with Gasteiger partial charge < -0.3 is 15.6 Å². The zero-order valence-electron chi connectivity index (χ0n) is 18.0. The average molecular weight is 411 g/mol. The van der Waals surface area contributed by atoms with Gasteiger partial charge >= 0.3 is 5.69 Å². The number of nitriles is 1. The summed E-state index contributed by atoms with van der Waals surface area (Å²) in [5.41, 5.74) is 1.92. The van der Waals surface area contributed by atoms with Gasteiger partial charge in [0.15, 0.2) is 0 Å². The van der Waals surface area contributed by atoms with Crippen LogP contribution in [0.5, 0.6) is 0 Å². The summed E-state index contributed by atoms with van der Waals surface area (Å²) in [6.45, 7) is 6.88. The number of aromatic nitrogens is 2. The summed E-state index contributed by atoms with van der Waals surface area (Å²) in [4.78, 5) is 30.0. The summed E-state index contributed by atoms with van der Waals surface area (Å²) < 4.78 is 2.46. The molecule has 160 valence electrons. The Hall–Kier alpha value is -2.79. The smallest absolute Gasteiger partial charge is 0.350 e. The van der Waals surface area contributed by atoms with Crippen molar-refractivity contribution in [1.29, 1.82) is 5.26 Å². The highest BCUT2D eigenvalue weighted by Crippen LogP contribution is 2.38. The van der Waals surface area contributed by atoms with Crippen LogP contribution in [0.4, 0.5) is 5.69 Å². The Morgan fingerprint density at radius 2 is 2.03 bits per heavy atom. The van der Waals surface area contributed by atoms with Crippen LogP contribution >= 0.6 is 0 Å². The molecule has 2 heterocycles. The molecule has 0 bridgehead atoms. The quantitative estimate of drug-likeness (QED) is 0.726. The maximum absolute atomic E-state index is 12.7. The molecule has 2 N–H and O–H groups in total. The maximum atomic E-state index is 12.7. The maximum Gasteiger partial charge on any atom is 0.350 e. The fourth-order valence-electron chi connectivity index (χ4n) is 4.80. The van der Waals surface area contributed by atoms with E-state index in [1.165, 1.54) is 0 Å². The first-order chi connectivity index (χ1) is 14.3. The number of rotatable bonds is 6. The number of fused-ring (bicyclic) bond motifs is 1. The zero-order valence-corrected chi connectivity index (χ0v) is 18.0. The topological polar surface area (TPSA) is 100 Å². The van der Waals surface area contributed by atoms with Crippen molar-refractivity contribution in [1.82, 2.24) is 14.1 Å². The number of anilines is 1. The average Bonchev–Trinajstić information content (AvgIpc) is 3.46. The number of hydrogen-bond acceptors (Lipinski definition) is 6. The molecule has 2 aromatic rings. The summed E-state index contributed by atoms with van der Waals surface area (Å²) in [6, 6.07) is 6.55. The van der Waals surface area contributed by atoms with Gasteiger partial charge in [-0.15, -0.1) is 0 Å². The minimum absolute atomic E-state index is 0.129. The Morgan fingerprint density at radius 1 is 1.30 bits per heavy atom. The summed E-state index contributed by atoms with van der Waals surface area (Å²) >= 11 is 0. The second kappa shape index (κ2) is 7.80. The Bertz CT molecular complexity index is 1120. The monoisotopic (exact) mass is 410 g/mol. The van der Waals surface area contributed by atoms with Gasteiger partial charge in [0.1, 0.15) is 0 Å². The molecule has 1 aliphatic carbocycles. The Balaban J connectivity index is 1.68. The molecule has 8 nitrogen and oxygen atoms in total. The van der Waals surface area contributed by atoms with Gasteiger partial charge in [0.25, 0.3) is 5.56 Å². The van der Waals surface area contributed by atoms with Crippen molar-refractivity contribution in [3.05, 3.63) is 38.5 Å². The van der Waals surface area contributed by atoms with Crippen LogP contribution in [-0.2, 0) is 0 Å². The highest BCUT2D eigenvalue weighted by atomic mass is 16.2. The summed E-state index contributed by atoms with van der Waals surface area (Å²) in [5.74, 6) is 6.28. The molecule has 1 aliphatic heterocycles. The number of nitrogens with two attached hydrogens (primary N) is 1. The van der Waals surface area contributed by atoms with Crippen molar-refractivity contribution < 1.29 is 0 Å². The first-order valence-corrected chi connectivity index (χ1v) is 10.7. The summed E-state index contributed by atoms with van der Waals surface area (Å²) in [5, 5.41) is 9.36. The molecule has 1 aromatic heterocycles. The predicted molar refractivity (Wildman–Crippen MR) is 118 cm³/mol. The fraction of sp³-hybridized carbons (Fsp3) is 0.591. The molecule has 2 fully saturated rings. The standard InChI is InChI=1S/C22H30N6O2/c1-14-19(26-12-9-16(13-26)15(2)25(3)11-4-10-23)8-7-18-20(14)27(17-5-6-17)22(30)28(24)21(18)29/h7-8,15-17H,4-6,9,11-13,24H2,1-3H3. The Kier molecular flexibility index (Phi) is 5.33. The molecular formula is C22H30N6O2. The van der Waals surface area contributed by atoms with E-state index in [2.05, 4.69) is 29.8 Å².